The molecule has 1 saturated heterocycles. The zero-order valence-corrected chi connectivity index (χ0v) is 17.8. The number of ether oxygens (including phenoxy) is 2. The van der Waals surface area contributed by atoms with Crippen molar-refractivity contribution in [2.24, 2.45) is 28.6 Å². The molecule has 0 aromatic rings. The molecule has 0 aromatic heterocycles. The Labute approximate surface area is 192 Å². The van der Waals surface area contributed by atoms with Gasteiger partial charge in [-0.15, -0.1) is 0 Å². The van der Waals surface area contributed by atoms with Gasteiger partial charge < -0.3 is 19.7 Å². The molecule has 0 amide bonds. The van der Waals surface area contributed by atoms with E-state index in [4.69, 9.17) is 16.3 Å². The number of carbonyl (C=O) groups is 2. The van der Waals surface area contributed by atoms with Gasteiger partial charge in [-0.25, -0.2) is 0 Å². The van der Waals surface area contributed by atoms with Crippen LogP contribution in [0.2, 0.25) is 0 Å². The lowest BCUT2D eigenvalue weighted by molar-refractivity contribution is -0.200. The van der Waals surface area contributed by atoms with Crippen LogP contribution in [0.3, 0.4) is 0 Å². The van der Waals surface area contributed by atoms with Gasteiger partial charge in [0.15, 0.2) is 23.5 Å². The molecule has 4 aliphatic carbocycles. The van der Waals surface area contributed by atoms with Gasteiger partial charge in [0.2, 0.25) is 0 Å². The number of aliphatic hydroxyl groups is 2. The van der Waals surface area contributed by atoms with Crippen LogP contribution in [0, 0.1) is 28.6 Å². The summed E-state index contributed by atoms with van der Waals surface area (Å²) < 4.78 is 63.3. The summed E-state index contributed by atoms with van der Waals surface area (Å²) in [7, 11) is 0. The number of ketones is 2. The van der Waals surface area contributed by atoms with Crippen LogP contribution in [0.5, 0.6) is 0 Å². The third-order valence-electron chi connectivity index (χ3n) is 8.54. The minimum atomic E-state index is -3.45. The van der Waals surface area contributed by atoms with Crippen molar-refractivity contribution in [3.63, 3.8) is 0 Å². The molecule has 1 aliphatic heterocycles. The van der Waals surface area contributed by atoms with Crippen molar-refractivity contribution < 1.29 is 37.5 Å². The van der Waals surface area contributed by atoms with Crippen LogP contribution in [0.1, 0.15) is 67.4 Å². The zero-order chi connectivity index (χ0) is 27.3. The molecule has 4 fully saturated rings. The van der Waals surface area contributed by atoms with Crippen LogP contribution < -0.4 is 0 Å². The number of allylic oxidation sites excluding steroid dienone is 4. The molecule has 6 heteroatoms. The molecule has 2 N–H and O–H groups in total. The monoisotopic (exact) mass is 436 g/mol. The largest absolute Gasteiger partial charge is 0.393 e. The lowest BCUT2D eigenvalue weighted by Gasteiger charge is -2.59. The molecule has 31 heavy (non-hydrogen) atoms. The Balaban J connectivity index is 1.73. The second-order valence-corrected chi connectivity index (χ2v) is 9.92. The van der Waals surface area contributed by atoms with Gasteiger partial charge in [0.05, 0.1) is 14.9 Å². The van der Waals surface area contributed by atoms with E-state index in [1.165, 1.54) is 6.08 Å². The fraction of sp³-hybridized carbons (Fsp3) is 0.760. The molecule has 5 rings (SSSR count). The molecular weight excluding hydrogens is 396 g/mol. The maximum atomic E-state index is 13.8. The Hall–Kier alpha value is -1.34. The zero-order valence-electron chi connectivity index (χ0n) is 23.8. The highest BCUT2D eigenvalue weighted by Gasteiger charge is 2.75. The van der Waals surface area contributed by atoms with Crippen LogP contribution in [0.25, 0.3) is 0 Å². The van der Waals surface area contributed by atoms with Crippen molar-refractivity contribution >= 4 is 11.6 Å². The molecule has 3 saturated carbocycles. The summed E-state index contributed by atoms with van der Waals surface area (Å²) in [6.45, 7) is -2.75. The molecule has 5 aliphatic rings. The lowest BCUT2D eigenvalue weighted by atomic mass is 9.46. The predicted molar refractivity (Wildman–Crippen MR) is 113 cm³/mol. The van der Waals surface area contributed by atoms with E-state index in [0.29, 0.717) is 25.7 Å². The predicted octanol–water partition coefficient (Wildman–Crippen LogP) is 2.72. The summed E-state index contributed by atoms with van der Waals surface area (Å²) in [5.41, 5.74) is -4.77. The van der Waals surface area contributed by atoms with E-state index >= 15 is 0 Å². The number of carbonyl (C=O) groups excluding carboxylic acids is 2. The maximum Gasteiger partial charge on any atom is 0.193 e. The van der Waals surface area contributed by atoms with Crippen molar-refractivity contribution in [2.45, 2.75) is 83.3 Å². The van der Waals surface area contributed by atoms with E-state index in [9.17, 15) is 21.2 Å². The first kappa shape index (κ1) is 15.5. The first-order valence-electron chi connectivity index (χ1n) is 14.3. The first-order chi connectivity index (χ1) is 17.1. The highest BCUT2D eigenvalue weighted by atomic mass is 16.7. The number of Topliss-reactive ketones (excluding diaryl/α,β-unsaturated/α-hetero) is 1. The Bertz CT molecular complexity index is 1070. The Morgan fingerprint density at radius 2 is 2.29 bits per heavy atom. The van der Waals surface area contributed by atoms with E-state index in [-0.39, 0.29) is 12.2 Å². The highest BCUT2D eigenvalue weighted by molar-refractivity contribution is 6.01. The molecule has 0 radical (unpaired) electrons. The van der Waals surface area contributed by atoms with E-state index in [0.717, 1.165) is 5.57 Å². The standard InChI is InChI=1S/C25H34O6/c1-4-5-21-30-20-11-17-16-7-6-14-10-15(27)8-9-23(14,2)22(16)18(28)12-24(17,3)25(20,31-21)19(29)13-26/h8-10,16-18,20-22,26,28H,4-7,11-13H2,1-3H3/t16?,17?,18-,20-,21?,22?,23-,24-,25+/m0/s1/i3D3,12D,13D2/t12?,16?,17?,18-,20-,21?,22?,23-,24-,25+. The minimum Gasteiger partial charge on any atom is -0.393 e. The van der Waals surface area contributed by atoms with Gasteiger partial charge in [0.25, 0.3) is 0 Å². The second-order valence-electron chi connectivity index (χ2n) is 9.92. The number of hydrogen-bond donors (Lipinski definition) is 2. The summed E-state index contributed by atoms with van der Waals surface area (Å²) in [5, 5.41) is 22.0. The quantitative estimate of drug-likeness (QED) is 0.704. The van der Waals surface area contributed by atoms with E-state index < -0.39 is 78.3 Å². The summed E-state index contributed by atoms with van der Waals surface area (Å²) in [6.07, 6.45) is 0.981. The summed E-state index contributed by atoms with van der Waals surface area (Å²) >= 11 is 0. The van der Waals surface area contributed by atoms with Crippen molar-refractivity contribution in [3.8, 4) is 0 Å². The van der Waals surface area contributed by atoms with Gasteiger partial charge in [-0.1, -0.05) is 38.8 Å². The molecule has 0 bridgehead atoms. The summed E-state index contributed by atoms with van der Waals surface area (Å²) in [6, 6.07) is 0. The van der Waals surface area contributed by atoms with E-state index in [1.54, 1.807) is 12.2 Å². The maximum absolute atomic E-state index is 13.8. The van der Waals surface area contributed by atoms with Gasteiger partial charge in [0, 0.05) is 22.2 Å². The topological polar surface area (TPSA) is 93.1 Å². The normalized spacial score (nSPS) is 56.5. The Kier molecular flexibility index (Phi) is 3.54. The molecule has 0 spiro atoms. The fourth-order valence-electron chi connectivity index (χ4n) is 7.24. The Morgan fingerprint density at radius 1 is 1.48 bits per heavy atom. The molecular formula is C25H34O6. The van der Waals surface area contributed by atoms with Crippen LogP contribution in [-0.2, 0) is 19.1 Å². The number of rotatable bonds is 4. The van der Waals surface area contributed by atoms with Gasteiger partial charge in [-0.05, 0) is 56.1 Å². The van der Waals surface area contributed by atoms with Crippen molar-refractivity contribution in [2.75, 3.05) is 6.56 Å². The molecule has 1 heterocycles. The van der Waals surface area contributed by atoms with Gasteiger partial charge in [0.1, 0.15) is 6.56 Å². The van der Waals surface area contributed by atoms with Crippen LogP contribution >= 0.6 is 0 Å². The number of hydrogen-bond acceptors (Lipinski definition) is 6. The van der Waals surface area contributed by atoms with Crippen LogP contribution in [0.4, 0.5) is 0 Å². The fourth-order valence-corrected chi connectivity index (χ4v) is 7.24. The third-order valence-corrected chi connectivity index (χ3v) is 8.54. The number of fused-ring (bicyclic) bond motifs is 7. The third kappa shape index (κ3) is 2.65. The molecule has 6 nitrogen and oxygen atoms in total. The number of aliphatic hydroxyl groups excluding tert-OH is 1. The molecule has 5 unspecified atom stereocenters. The van der Waals surface area contributed by atoms with Crippen molar-refractivity contribution in [1.29, 1.82) is 0 Å². The van der Waals surface area contributed by atoms with Crippen molar-refractivity contribution in [3.05, 3.63) is 23.8 Å². The molecule has 10 atom stereocenters. The van der Waals surface area contributed by atoms with Gasteiger partial charge in [-0.2, -0.15) is 0 Å². The second kappa shape index (κ2) is 7.08. The van der Waals surface area contributed by atoms with Crippen LogP contribution in [-0.4, -0.2) is 52.4 Å². The average molecular weight is 437 g/mol. The minimum absolute atomic E-state index is 0.0153. The van der Waals surface area contributed by atoms with Crippen molar-refractivity contribution in [1.82, 2.24) is 0 Å². The van der Waals surface area contributed by atoms with Gasteiger partial charge in [-0.3, -0.25) is 9.59 Å². The van der Waals surface area contributed by atoms with E-state index in [2.05, 4.69) is 0 Å². The van der Waals surface area contributed by atoms with E-state index in [1.807, 2.05) is 13.8 Å². The Morgan fingerprint density at radius 3 is 3.00 bits per heavy atom. The summed E-state index contributed by atoms with van der Waals surface area (Å²) in [5.74, 6) is -3.59. The summed E-state index contributed by atoms with van der Waals surface area (Å²) in [4.78, 5) is 25.9. The van der Waals surface area contributed by atoms with Crippen LogP contribution in [0.15, 0.2) is 23.8 Å². The smallest absolute Gasteiger partial charge is 0.193 e. The van der Waals surface area contributed by atoms with Gasteiger partial charge >= 0.3 is 0 Å². The first-order valence-corrected chi connectivity index (χ1v) is 11.2. The highest BCUT2D eigenvalue weighted by Crippen LogP contribution is 2.69. The SMILES string of the molecule is [2H]C1[C@H](O)C2C(CCC3=CC(=O)C=C[C@@]32C)C2C[C@@H]3OC(CCC)O[C@@]3(C(=O)C([2H])([2H])O)[C@]21C([2H])([2H])[2H]. The molecule has 0 aromatic carbocycles. The molecule has 170 valence electrons. The lowest BCUT2D eigenvalue weighted by Crippen LogP contribution is -2.63. The average Bonchev–Trinajstić information content (AvgIpc) is 3.28.